The number of guanidine groups is 1. The maximum absolute atomic E-state index is 13.8. The minimum Gasteiger partial charge on any atom is -0.550 e. The number of nitrogens with two attached hydrogens (primary N) is 2. The molecule has 53 heavy (non-hydrogen) atoms. The van der Waals surface area contributed by atoms with Crippen molar-refractivity contribution in [2.75, 3.05) is 53.7 Å². The second-order valence-electron chi connectivity index (χ2n) is 13.9. The minimum atomic E-state index is -2.97. The van der Waals surface area contributed by atoms with Crippen molar-refractivity contribution >= 4 is 17.9 Å². The summed E-state index contributed by atoms with van der Waals surface area (Å²) in [5, 5.41) is 81.3. The van der Waals surface area contributed by atoms with Gasteiger partial charge in [0.05, 0.1) is 57.2 Å². The Morgan fingerprint density at radius 3 is 2.53 bits per heavy atom. The van der Waals surface area contributed by atoms with Gasteiger partial charge in [0.25, 0.3) is 0 Å². The van der Waals surface area contributed by atoms with Crippen LogP contribution in [0.4, 0.5) is 0 Å². The summed E-state index contributed by atoms with van der Waals surface area (Å²) in [6.45, 7) is 3.28. The number of rotatable bonds is 15. The van der Waals surface area contributed by atoms with Crippen molar-refractivity contribution in [3.8, 4) is 0 Å². The number of aliphatic imine (C=N–C) groups is 1. The van der Waals surface area contributed by atoms with E-state index in [1.807, 2.05) is 0 Å². The van der Waals surface area contributed by atoms with Crippen LogP contribution in [0.3, 0.4) is 0 Å². The van der Waals surface area contributed by atoms with Gasteiger partial charge in [-0.15, -0.1) is 6.58 Å². The molecule has 0 aromatic carbocycles. The summed E-state index contributed by atoms with van der Waals surface area (Å²) < 4.78 is 29.0. The number of carbonyl (C=O) groups is 2. The number of piperidine rings is 1. The van der Waals surface area contributed by atoms with E-state index in [-0.39, 0.29) is 44.5 Å². The van der Waals surface area contributed by atoms with Gasteiger partial charge in [0, 0.05) is 13.0 Å². The first kappa shape index (κ1) is 42.5. The zero-order chi connectivity index (χ0) is 38.9. The maximum Gasteiger partial charge on any atom is 0.340 e. The van der Waals surface area contributed by atoms with Gasteiger partial charge in [0.1, 0.15) is 42.3 Å². The molecule has 0 aromatic heterocycles. The zero-order valence-electron chi connectivity index (χ0n) is 30.1. The molecule has 3 heterocycles. The van der Waals surface area contributed by atoms with Crippen LogP contribution < -0.4 is 26.4 Å². The fraction of sp³-hybridized carbons (Fsp3) is 0.735. The molecule has 1 saturated carbocycles. The standard InChI is InChI=1S/C34H55N5O14/c1-4-22-30(53-31-27(50-18-36-2)34(47,48)26(42)24(16-41)52-31)49-17-23(29(45)51-20-8-6-5-7-9-20)33(22,46)11-10-19-14-39(12-13-40)15-21(28(43)44)25(19)38-32(35)37-3/h4,10-11,17,19-22,24-27,30-31,36,40-42,46-48H,1,5-9,12-16,18H2,2-3H3,(H,43,44)(H3,35,37,38)/p+1/t19?,21?,22-,24+,25?,26+,27+,30+,31-,33+/m0/s1. The van der Waals surface area contributed by atoms with Crippen LogP contribution in [0.2, 0.25) is 0 Å². The van der Waals surface area contributed by atoms with Crippen LogP contribution in [-0.2, 0) is 33.3 Å². The normalized spacial score (nSPS) is 36.7. The fourth-order valence-corrected chi connectivity index (χ4v) is 7.43. The molecule has 11 atom stereocenters. The van der Waals surface area contributed by atoms with E-state index in [0.29, 0.717) is 12.8 Å². The molecule has 2 saturated heterocycles. The molecule has 0 amide bonds. The molecule has 300 valence electrons. The van der Waals surface area contributed by atoms with Crippen molar-refractivity contribution in [1.82, 2.24) is 5.32 Å². The largest absolute Gasteiger partial charge is 0.550 e. The number of carboxylic acids is 1. The fourth-order valence-electron chi connectivity index (χ4n) is 7.43. The predicted octanol–water partition coefficient (Wildman–Crippen LogP) is -6.72. The van der Waals surface area contributed by atoms with Crippen LogP contribution in [0, 0.1) is 17.8 Å². The lowest BCUT2D eigenvalue weighted by atomic mass is 9.76. The average Bonchev–Trinajstić information content (AvgIpc) is 3.13. The highest BCUT2D eigenvalue weighted by molar-refractivity contribution is 5.91. The number of quaternary nitrogens is 2. The molecule has 3 aliphatic heterocycles. The SMILES string of the molecule is C=C[C@H]1[C@@H](O[C@@H]2O[C@H](CO)[C@@H](O)C(O)(O)[C@@H]2OC[NH2+]C)OC=C(C(=O)OC2CCCCC2)[C@@]1(O)C=CC1C[NH+](CCO)CC(C(=O)[O-])C1NC(N)=NC. The molecular formula is C34H56N5O14+. The first-order valence-corrected chi connectivity index (χ1v) is 17.9. The molecule has 4 rings (SSSR count). The molecule has 3 fully saturated rings. The molecule has 19 heteroatoms. The lowest BCUT2D eigenvalue weighted by molar-refractivity contribution is -0.911. The second-order valence-corrected chi connectivity index (χ2v) is 13.9. The van der Waals surface area contributed by atoms with E-state index < -0.39 is 90.7 Å². The number of aliphatic carboxylic acids is 1. The third kappa shape index (κ3) is 9.73. The highest BCUT2D eigenvalue weighted by Crippen LogP contribution is 2.41. The molecule has 1 aliphatic carbocycles. The van der Waals surface area contributed by atoms with E-state index in [9.17, 15) is 45.3 Å². The Morgan fingerprint density at radius 1 is 1.21 bits per heavy atom. The third-order valence-corrected chi connectivity index (χ3v) is 10.4. The summed E-state index contributed by atoms with van der Waals surface area (Å²) in [6.07, 6.45) is 0.0580. The molecule has 4 unspecified atom stereocenters. The molecule has 0 aromatic rings. The number of likely N-dealkylation sites (tertiary alicyclic amines) is 1. The van der Waals surface area contributed by atoms with E-state index in [4.69, 9.17) is 29.4 Å². The van der Waals surface area contributed by atoms with Gasteiger partial charge in [-0.2, -0.15) is 0 Å². The van der Waals surface area contributed by atoms with E-state index in [2.05, 4.69) is 16.9 Å². The molecule has 19 nitrogen and oxygen atoms in total. The molecular weight excluding hydrogens is 702 g/mol. The average molecular weight is 759 g/mol. The summed E-state index contributed by atoms with van der Waals surface area (Å²) in [6, 6.07) is -0.880. The van der Waals surface area contributed by atoms with Gasteiger partial charge in [-0.3, -0.25) is 4.99 Å². The van der Waals surface area contributed by atoms with E-state index >= 15 is 0 Å². The van der Waals surface area contributed by atoms with E-state index in [1.54, 1.807) is 12.4 Å². The topological polar surface area (TPSA) is 296 Å². The summed E-state index contributed by atoms with van der Waals surface area (Å²) in [5.74, 6) is -8.39. The maximum atomic E-state index is 13.8. The van der Waals surface area contributed by atoms with Crippen molar-refractivity contribution in [2.24, 2.45) is 28.5 Å². The Labute approximate surface area is 307 Å². The number of carboxylic acid groups (broad SMARTS) is 1. The van der Waals surface area contributed by atoms with Crippen molar-refractivity contribution < 1.29 is 79.2 Å². The minimum absolute atomic E-state index is 0.0378. The Morgan fingerprint density at radius 2 is 1.92 bits per heavy atom. The number of carbonyl (C=O) groups excluding carboxylic acids is 2. The predicted molar refractivity (Wildman–Crippen MR) is 180 cm³/mol. The number of ether oxygens (including phenoxy) is 5. The van der Waals surface area contributed by atoms with Crippen LogP contribution in [0.15, 0.2) is 41.6 Å². The van der Waals surface area contributed by atoms with Gasteiger partial charge >= 0.3 is 5.97 Å². The highest BCUT2D eigenvalue weighted by Gasteiger charge is 2.59. The summed E-state index contributed by atoms with van der Waals surface area (Å²) in [5.41, 5.74) is 3.35. The van der Waals surface area contributed by atoms with Crippen LogP contribution in [0.1, 0.15) is 32.1 Å². The Hall–Kier alpha value is -3.21. The van der Waals surface area contributed by atoms with Gasteiger partial charge in [0.2, 0.25) is 12.1 Å². The molecule has 0 bridgehead atoms. The van der Waals surface area contributed by atoms with Crippen LogP contribution in [-0.4, -0.2) is 157 Å². The van der Waals surface area contributed by atoms with Gasteiger partial charge in [-0.05, 0) is 25.7 Å². The Bertz CT molecular complexity index is 1340. The van der Waals surface area contributed by atoms with E-state index in [0.717, 1.165) is 30.4 Å². The lowest BCUT2D eigenvalue weighted by Gasteiger charge is -2.48. The molecule has 12 N–H and O–H groups in total. The number of hydrogen-bond acceptors (Lipinski definition) is 15. The smallest absolute Gasteiger partial charge is 0.340 e. The molecule has 4 aliphatic rings. The summed E-state index contributed by atoms with van der Waals surface area (Å²) in [7, 11) is 3.07. The number of esters is 1. The highest BCUT2D eigenvalue weighted by atomic mass is 16.8. The zero-order valence-corrected chi connectivity index (χ0v) is 30.1. The Kier molecular flexibility index (Phi) is 15.2. The van der Waals surface area contributed by atoms with Gasteiger partial charge in [0.15, 0.2) is 25.1 Å². The van der Waals surface area contributed by atoms with Crippen molar-refractivity contribution in [1.29, 1.82) is 0 Å². The lowest BCUT2D eigenvalue weighted by Crippen LogP contribution is -3.16. The van der Waals surface area contributed by atoms with Crippen LogP contribution in [0.25, 0.3) is 0 Å². The van der Waals surface area contributed by atoms with E-state index in [1.165, 1.54) is 25.3 Å². The number of nitrogens with one attached hydrogen (secondary N) is 2. The van der Waals surface area contributed by atoms with Crippen LogP contribution in [0.5, 0.6) is 0 Å². The summed E-state index contributed by atoms with van der Waals surface area (Å²) >= 11 is 0. The number of hydrogen-bond donors (Lipinski definition) is 10. The number of aliphatic hydroxyl groups is 6. The van der Waals surface area contributed by atoms with Crippen molar-refractivity contribution in [3.63, 3.8) is 0 Å². The Balaban J connectivity index is 1.76. The second kappa shape index (κ2) is 18.9. The van der Waals surface area contributed by atoms with Crippen molar-refractivity contribution in [3.05, 3.63) is 36.6 Å². The van der Waals surface area contributed by atoms with Crippen molar-refractivity contribution in [2.45, 2.75) is 86.5 Å². The molecule has 0 radical (unpaired) electrons. The van der Waals surface area contributed by atoms with Gasteiger partial charge in [-0.25, -0.2) is 4.79 Å². The summed E-state index contributed by atoms with van der Waals surface area (Å²) in [4.78, 5) is 30.8. The number of nitrogens with zero attached hydrogens (tertiary/aromatic N) is 1. The van der Waals surface area contributed by atoms with Crippen LogP contribution >= 0.6 is 0 Å². The first-order chi connectivity index (χ1) is 25.2. The number of aliphatic hydroxyl groups excluding tert-OH is 3. The molecule has 0 spiro atoms. The third-order valence-electron chi connectivity index (χ3n) is 10.4. The van der Waals surface area contributed by atoms with Gasteiger partial charge < -0.3 is 85.5 Å². The van der Waals surface area contributed by atoms with Gasteiger partial charge in [-0.1, -0.05) is 24.6 Å². The quantitative estimate of drug-likeness (QED) is 0.0244. The first-order valence-electron chi connectivity index (χ1n) is 17.9. The monoisotopic (exact) mass is 758 g/mol.